The quantitative estimate of drug-likeness (QED) is 0.573. The lowest BCUT2D eigenvalue weighted by Crippen LogP contribution is -2.57. The van der Waals surface area contributed by atoms with Gasteiger partial charge in [0.2, 0.25) is 0 Å². The molecule has 1 saturated heterocycles. The Morgan fingerprint density at radius 1 is 1.40 bits per heavy atom. The molecule has 1 aromatic rings. The van der Waals surface area contributed by atoms with Crippen LogP contribution in [0.25, 0.3) is 0 Å². The number of nitrogen functional groups attached to an aromatic ring is 1. The number of nitrogens with two attached hydrogens (primary N) is 1. The molecule has 0 radical (unpaired) electrons. The van der Waals surface area contributed by atoms with Gasteiger partial charge in [0.05, 0.1) is 13.1 Å². The van der Waals surface area contributed by atoms with Gasteiger partial charge in [-0.3, -0.25) is 0 Å². The highest BCUT2D eigenvalue weighted by molar-refractivity contribution is 5.50. The fourth-order valence-electron chi connectivity index (χ4n) is 1.40. The maximum Gasteiger partial charge on any atom is 0.282 e. The number of pyridine rings is 1. The smallest absolute Gasteiger partial charge is 0.282 e. The number of hydrogen-bond acceptors (Lipinski definition) is 4. The largest absolute Gasteiger partial charge is 0.342 e. The molecule has 0 amide bonds. The SMILES string of the molecule is NNc1ccc(F)c(N2CC(F)(F)C2)n1. The van der Waals surface area contributed by atoms with Crippen LogP contribution in [0.5, 0.6) is 0 Å². The lowest BCUT2D eigenvalue weighted by molar-refractivity contribution is -0.0270. The molecule has 2 heterocycles. The van der Waals surface area contributed by atoms with Crippen molar-refractivity contribution in [2.24, 2.45) is 5.84 Å². The highest BCUT2D eigenvalue weighted by atomic mass is 19.3. The van der Waals surface area contributed by atoms with Crippen LogP contribution in [0.4, 0.5) is 24.8 Å². The van der Waals surface area contributed by atoms with Crippen LogP contribution in [0.2, 0.25) is 0 Å². The van der Waals surface area contributed by atoms with Gasteiger partial charge in [0.25, 0.3) is 5.92 Å². The molecule has 1 aliphatic rings. The van der Waals surface area contributed by atoms with Crippen molar-refractivity contribution in [2.45, 2.75) is 5.92 Å². The Morgan fingerprint density at radius 2 is 2.07 bits per heavy atom. The number of alkyl halides is 2. The number of nitrogens with one attached hydrogen (secondary N) is 1. The summed E-state index contributed by atoms with van der Waals surface area (Å²) >= 11 is 0. The summed E-state index contributed by atoms with van der Waals surface area (Å²) in [6.45, 7) is -1.02. The van der Waals surface area contributed by atoms with Crippen LogP contribution in [0.15, 0.2) is 12.1 Å². The Balaban J connectivity index is 2.21. The molecule has 1 aromatic heterocycles. The van der Waals surface area contributed by atoms with Crippen molar-refractivity contribution in [1.29, 1.82) is 0 Å². The third-order valence-electron chi connectivity index (χ3n) is 2.12. The molecule has 0 aliphatic carbocycles. The average molecular weight is 218 g/mol. The first-order valence-electron chi connectivity index (χ1n) is 4.28. The molecule has 1 aliphatic heterocycles. The molecular weight excluding hydrogens is 209 g/mol. The van der Waals surface area contributed by atoms with Gasteiger partial charge in [-0.15, -0.1) is 0 Å². The molecule has 7 heteroatoms. The first-order valence-corrected chi connectivity index (χ1v) is 4.28. The number of halogens is 3. The molecular formula is C8H9F3N4. The predicted molar refractivity (Wildman–Crippen MR) is 49.2 cm³/mol. The Morgan fingerprint density at radius 3 is 2.60 bits per heavy atom. The van der Waals surface area contributed by atoms with E-state index in [1.165, 1.54) is 6.07 Å². The van der Waals surface area contributed by atoms with Crippen LogP contribution in [0.3, 0.4) is 0 Å². The van der Waals surface area contributed by atoms with Crippen molar-refractivity contribution in [3.05, 3.63) is 17.9 Å². The molecule has 0 unspecified atom stereocenters. The van der Waals surface area contributed by atoms with Crippen molar-refractivity contribution < 1.29 is 13.2 Å². The molecule has 15 heavy (non-hydrogen) atoms. The highest BCUT2D eigenvalue weighted by Crippen LogP contribution is 2.32. The molecule has 1 fully saturated rings. The van der Waals surface area contributed by atoms with Gasteiger partial charge in [0.15, 0.2) is 11.6 Å². The van der Waals surface area contributed by atoms with Gasteiger partial charge in [-0.1, -0.05) is 0 Å². The van der Waals surface area contributed by atoms with Crippen LogP contribution in [-0.4, -0.2) is 24.0 Å². The van der Waals surface area contributed by atoms with E-state index in [1.807, 2.05) is 0 Å². The number of nitrogens with zero attached hydrogens (tertiary/aromatic N) is 2. The summed E-state index contributed by atoms with van der Waals surface area (Å²) in [4.78, 5) is 4.92. The average Bonchev–Trinajstić information content (AvgIpc) is 2.15. The van der Waals surface area contributed by atoms with E-state index in [0.717, 1.165) is 11.0 Å². The molecule has 3 N–H and O–H groups in total. The van der Waals surface area contributed by atoms with Crippen molar-refractivity contribution in [2.75, 3.05) is 23.4 Å². The summed E-state index contributed by atoms with van der Waals surface area (Å²) in [5.41, 5.74) is 2.23. The van der Waals surface area contributed by atoms with Gasteiger partial charge in [-0.25, -0.2) is 24.0 Å². The second-order valence-electron chi connectivity index (χ2n) is 3.36. The standard InChI is InChI=1S/C8H9F3N4/c9-5-1-2-6(14-12)13-7(5)15-3-8(10,11)4-15/h1-2H,3-4,12H2,(H,13,14). The molecule has 0 atom stereocenters. The second kappa shape index (κ2) is 3.27. The first-order chi connectivity index (χ1) is 7.02. The Bertz CT molecular complexity index is 374. The third kappa shape index (κ3) is 1.82. The minimum Gasteiger partial charge on any atom is -0.342 e. The summed E-state index contributed by atoms with van der Waals surface area (Å²) in [6.07, 6.45) is 0. The van der Waals surface area contributed by atoms with Crippen LogP contribution < -0.4 is 16.2 Å². The third-order valence-corrected chi connectivity index (χ3v) is 2.12. The molecule has 0 spiro atoms. The van der Waals surface area contributed by atoms with E-state index < -0.39 is 24.8 Å². The maximum atomic E-state index is 13.2. The molecule has 0 saturated carbocycles. The fraction of sp³-hybridized carbons (Fsp3) is 0.375. The minimum atomic E-state index is -2.75. The predicted octanol–water partition coefficient (Wildman–Crippen LogP) is 0.962. The molecule has 82 valence electrons. The highest BCUT2D eigenvalue weighted by Gasteiger charge is 2.45. The van der Waals surface area contributed by atoms with Crippen LogP contribution >= 0.6 is 0 Å². The Hall–Kier alpha value is -1.50. The van der Waals surface area contributed by atoms with Crippen LogP contribution in [-0.2, 0) is 0 Å². The van der Waals surface area contributed by atoms with Gasteiger partial charge in [-0.2, -0.15) is 0 Å². The van der Waals surface area contributed by atoms with Crippen molar-refractivity contribution in [3.8, 4) is 0 Å². The van der Waals surface area contributed by atoms with Gasteiger partial charge < -0.3 is 10.3 Å². The van der Waals surface area contributed by atoms with Gasteiger partial charge in [-0.05, 0) is 12.1 Å². The Kier molecular flexibility index (Phi) is 2.18. The lowest BCUT2D eigenvalue weighted by atomic mass is 10.1. The number of anilines is 2. The molecule has 2 rings (SSSR count). The maximum absolute atomic E-state index is 13.2. The van der Waals surface area contributed by atoms with E-state index in [-0.39, 0.29) is 11.6 Å². The zero-order valence-electron chi connectivity index (χ0n) is 7.67. The van der Waals surface area contributed by atoms with Crippen LogP contribution in [0.1, 0.15) is 0 Å². The minimum absolute atomic E-state index is 0.101. The van der Waals surface area contributed by atoms with Gasteiger partial charge in [0.1, 0.15) is 5.82 Å². The van der Waals surface area contributed by atoms with E-state index >= 15 is 0 Å². The number of hydrazine groups is 1. The van der Waals surface area contributed by atoms with Crippen molar-refractivity contribution in [3.63, 3.8) is 0 Å². The molecule has 0 bridgehead atoms. The zero-order valence-corrected chi connectivity index (χ0v) is 7.67. The number of hydrogen-bond donors (Lipinski definition) is 2. The van der Waals surface area contributed by atoms with E-state index in [1.54, 1.807) is 0 Å². The Labute approximate surface area is 83.9 Å². The second-order valence-corrected chi connectivity index (χ2v) is 3.36. The van der Waals surface area contributed by atoms with E-state index in [4.69, 9.17) is 5.84 Å². The summed E-state index contributed by atoms with van der Waals surface area (Å²) in [7, 11) is 0. The summed E-state index contributed by atoms with van der Waals surface area (Å²) < 4.78 is 38.3. The zero-order chi connectivity index (χ0) is 11.1. The normalized spacial score (nSPS) is 18.5. The summed E-state index contributed by atoms with van der Waals surface area (Å²) in [5.74, 6) is 1.83. The van der Waals surface area contributed by atoms with Gasteiger partial charge >= 0.3 is 0 Å². The van der Waals surface area contributed by atoms with E-state index in [2.05, 4.69) is 10.4 Å². The van der Waals surface area contributed by atoms with Crippen molar-refractivity contribution >= 4 is 11.6 Å². The van der Waals surface area contributed by atoms with E-state index in [9.17, 15) is 13.2 Å². The summed E-state index contributed by atoms with van der Waals surface area (Å²) in [5, 5.41) is 0. The topological polar surface area (TPSA) is 54.2 Å². The lowest BCUT2D eigenvalue weighted by Gasteiger charge is -2.39. The fourth-order valence-corrected chi connectivity index (χ4v) is 1.40. The summed E-state index contributed by atoms with van der Waals surface area (Å²) in [6, 6.07) is 2.46. The monoisotopic (exact) mass is 218 g/mol. The number of aromatic nitrogens is 1. The number of rotatable bonds is 2. The first kappa shape index (κ1) is 10.0. The van der Waals surface area contributed by atoms with E-state index in [0.29, 0.717) is 0 Å². The van der Waals surface area contributed by atoms with Gasteiger partial charge in [0, 0.05) is 0 Å². The van der Waals surface area contributed by atoms with Crippen LogP contribution in [0, 0.1) is 5.82 Å². The van der Waals surface area contributed by atoms with Crippen molar-refractivity contribution in [1.82, 2.24) is 4.98 Å². The molecule has 4 nitrogen and oxygen atoms in total. The molecule has 0 aromatic carbocycles.